The highest BCUT2D eigenvalue weighted by molar-refractivity contribution is 6.11. The van der Waals surface area contributed by atoms with Crippen molar-refractivity contribution in [2.45, 2.75) is 19.4 Å². The molecule has 1 atom stereocenters. The topological polar surface area (TPSA) is 87.3 Å². The normalized spacial score (nSPS) is 16.5. The van der Waals surface area contributed by atoms with Crippen LogP contribution in [0.25, 0.3) is 0 Å². The molecule has 122 valence electrons. The Balaban J connectivity index is 1.72. The molecule has 0 unspecified atom stereocenters. The number of amides is 3. The van der Waals surface area contributed by atoms with Gasteiger partial charge in [0, 0.05) is 5.69 Å². The molecule has 3 amide bonds. The van der Waals surface area contributed by atoms with Crippen LogP contribution < -0.4 is 16.0 Å². The van der Waals surface area contributed by atoms with Gasteiger partial charge < -0.3 is 16.0 Å². The molecule has 1 heterocycles. The Bertz CT molecular complexity index is 817. The van der Waals surface area contributed by atoms with Crippen molar-refractivity contribution in [2.24, 2.45) is 0 Å². The van der Waals surface area contributed by atoms with Crippen LogP contribution in [0, 0.1) is 6.92 Å². The molecule has 6 nitrogen and oxygen atoms in total. The van der Waals surface area contributed by atoms with Gasteiger partial charge in [0.15, 0.2) is 0 Å². The fourth-order valence-electron chi connectivity index (χ4n) is 2.56. The van der Waals surface area contributed by atoms with E-state index in [1.807, 2.05) is 25.1 Å². The average molecular weight is 323 g/mol. The molecule has 0 fully saturated rings. The quantitative estimate of drug-likeness (QED) is 0.808. The maximum Gasteiger partial charge on any atom is 0.254 e. The van der Waals surface area contributed by atoms with Gasteiger partial charge in [0.1, 0.15) is 6.04 Å². The summed E-state index contributed by atoms with van der Waals surface area (Å²) >= 11 is 0. The molecule has 6 heteroatoms. The van der Waals surface area contributed by atoms with Crippen molar-refractivity contribution in [1.29, 1.82) is 0 Å². The predicted molar refractivity (Wildman–Crippen MR) is 90.8 cm³/mol. The average Bonchev–Trinajstić information content (AvgIpc) is 2.67. The van der Waals surface area contributed by atoms with E-state index in [0.717, 1.165) is 5.56 Å². The summed E-state index contributed by atoms with van der Waals surface area (Å²) in [6.07, 6.45) is -0.139. The summed E-state index contributed by atoms with van der Waals surface area (Å²) in [6, 6.07) is 13.2. The molecule has 2 aromatic carbocycles. The van der Waals surface area contributed by atoms with Gasteiger partial charge in [-0.2, -0.15) is 0 Å². The van der Waals surface area contributed by atoms with Crippen LogP contribution in [0.4, 0.5) is 11.4 Å². The van der Waals surface area contributed by atoms with Gasteiger partial charge >= 0.3 is 0 Å². The van der Waals surface area contributed by atoms with Crippen molar-refractivity contribution < 1.29 is 14.4 Å². The Morgan fingerprint density at radius 2 is 1.79 bits per heavy atom. The zero-order valence-electron chi connectivity index (χ0n) is 13.1. The van der Waals surface area contributed by atoms with E-state index in [9.17, 15) is 14.4 Å². The summed E-state index contributed by atoms with van der Waals surface area (Å²) in [4.78, 5) is 36.7. The number of nitrogens with one attached hydrogen (secondary N) is 3. The largest absolute Gasteiger partial charge is 0.340 e. The van der Waals surface area contributed by atoms with Crippen LogP contribution >= 0.6 is 0 Å². The first-order chi connectivity index (χ1) is 11.5. The summed E-state index contributed by atoms with van der Waals surface area (Å²) in [5.74, 6) is -1.12. The van der Waals surface area contributed by atoms with Crippen LogP contribution in [0.15, 0.2) is 48.5 Å². The van der Waals surface area contributed by atoms with E-state index < -0.39 is 11.9 Å². The van der Waals surface area contributed by atoms with Gasteiger partial charge in [-0.15, -0.1) is 0 Å². The summed E-state index contributed by atoms with van der Waals surface area (Å²) < 4.78 is 0. The Morgan fingerprint density at radius 1 is 1.08 bits per heavy atom. The fraction of sp³-hybridized carbons (Fsp3) is 0.167. The monoisotopic (exact) mass is 323 g/mol. The smallest absolute Gasteiger partial charge is 0.254 e. The van der Waals surface area contributed by atoms with Crippen LogP contribution in [0.2, 0.25) is 0 Å². The van der Waals surface area contributed by atoms with E-state index in [4.69, 9.17) is 0 Å². The molecule has 0 spiro atoms. The highest BCUT2D eigenvalue weighted by Crippen LogP contribution is 2.19. The van der Waals surface area contributed by atoms with E-state index in [2.05, 4.69) is 16.0 Å². The summed E-state index contributed by atoms with van der Waals surface area (Å²) in [7, 11) is 0. The molecule has 0 aliphatic carbocycles. The third-order valence-electron chi connectivity index (χ3n) is 3.86. The van der Waals surface area contributed by atoms with E-state index >= 15 is 0 Å². The van der Waals surface area contributed by atoms with E-state index in [-0.39, 0.29) is 18.2 Å². The second kappa shape index (κ2) is 6.54. The van der Waals surface area contributed by atoms with Crippen molar-refractivity contribution in [3.8, 4) is 0 Å². The second-order valence-corrected chi connectivity index (χ2v) is 5.63. The predicted octanol–water partition coefficient (Wildman–Crippen LogP) is 2.07. The standard InChI is InChI=1S/C18H17N3O3/c1-11-6-2-4-8-13(11)19-16(22)10-15-18(24)20-14-9-5-3-7-12(14)17(23)21-15/h2-9,15H,10H2,1H3,(H,19,22)(H,20,24)(H,21,23)/t15-/m1/s1. The highest BCUT2D eigenvalue weighted by atomic mass is 16.2. The lowest BCUT2D eigenvalue weighted by Crippen LogP contribution is -2.43. The van der Waals surface area contributed by atoms with Gasteiger partial charge in [-0.1, -0.05) is 30.3 Å². The SMILES string of the molecule is Cc1ccccc1NC(=O)C[C@H]1NC(=O)c2ccccc2NC1=O. The number of carbonyl (C=O) groups is 3. The molecule has 1 aliphatic rings. The molecule has 0 aromatic heterocycles. The number of rotatable bonds is 3. The van der Waals surface area contributed by atoms with Gasteiger partial charge in [0.05, 0.1) is 17.7 Å². The van der Waals surface area contributed by atoms with Crippen LogP contribution in [-0.2, 0) is 9.59 Å². The summed E-state index contributed by atoms with van der Waals surface area (Å²) in [5, 5.41) is 8.05. The van der Waals surface area contributed by atoms with Gasteiger partial charge in [-0.05, 0) is 30.7 Å². The molecule has 3 N–H and O–H groups in total. The van der Waals surface area contributed by atoms with Crippen molar-refractivity contribution in [2.75, 3.05) is 10.6 Å². The molecule has 0 bridgehead atoms. The van der Waals surface area contributed by atoms with Gasteiger partial charge in [0.2, 0.25) is 11.8 Å². The lowest BCUT2D eigenvalue weighted by atomic mass is 10.1. The molecule has 0 saturated carbocycles. The zero-order valence-corrected chi connectivity index (χ0v) is 13.1. The molecule has 3 rings (SSSR count). The van der Waals surface area contributed by atoms with Crippen LogP contribution in [0.3, 0.4) is 0 Å². The van der Waals surface area contributed by atoms with E-state index in [1.165, 1.54) is 0 Å². The Hall–Kier alpha value is -3.15. The molecule has 0 saturated heterocycles. The minimum absolute atomic E-state index is 0.139. The van der Waals surface area contributed by atoms with E-state index in [1.54, 1.807) is 30.3 Å². The number of hydrogen-bond donors (Lipinski definition) is 3. The number of carbonyl (C=O) groups excluding carboxylic acids is 3. The first-order valence-electron chi connectivity index (χ1n) is 7.61. The van der Waals surface area contributed by atoms with Gasteiger partial charge in [0.25, 0.3) is 5.91 Å². The third kappa shape index (κ3) is 3.27. The number of hydrogen-bond acceptors (Lipinski definition) is 3. The van der Waals surface area contributed by atoms with Crippen molar-refractivity contribution in [1.82, 2.24) is 5.32 Å². The molecule has 24 heavy (non-hydrogen) atoms. The van der Waals surface area contributed by atoms with E-state index in [0.29, 0.717) is 16.9 Å². The first kappa shape index (κ1) is 15.7. The fourth-order valence-corrected chi connectivity index (χ4v) is 2.56. The van der Waals surface area contributed by atoms with Gasteiger partial charge in [-0.3, -0.25) is 14.4 Å². The number of benzene rings is 2. The Labute approximate surface area is 139 Å². The highest BCUT2D eigenvalue weighted by Gasteiger charge is 2.29. The van der Waals surface area contributed by atoms with Crippen molar-refractivity contribution >= 4 is 29.1 Å². The molecule has 0 radical (unpaired) electrons. The second-order valence-electron chi connectivity index (χ2n) is 5.63. The summed E-state index contributed by atoms with van der Waals surface area (Å²) in [5.41, 5.74) is 2.44. The third-order valence-corrected chi connectivity index (χ3v) is 3.86. The van der Waals surface area contributed by atoms with Crippen LogP contribution in [-0.4, -0.2) is 23.8 Å². The Morgan fingerprint density at radius 3 is 2.58 bits per heavy atom. The number of fused-ring (bicyclic) bond motifs is 1. The van der Waals surface area contributed by atoms with Crippen molar-refractivity contribution in [3.63, 3.8) is 0 Å². The minimum Gasteiger partial charge on any atom is -0.340 e. The lowest BCUT2D eigenvalue weighted by molar-refractivity contribution is -0.122. The van der Waals surface area contributed by atoms with Crippen molar-refractivity contribution in [3.05, 3.63) is 59.7 Å². The molecule has 2 aromatic rings. The molecule has 1 aliphatic heterocycles. The minimum atomic E-state index is -0.922. The summed E-state index contributed by atoms with van der Waals surface area (Å²) in [6.45, 7) is 1.88. The number of para-hydroxylation sites is 2. The Kier molecular flexibility index (Phi) is 4.29. The maximum absolute atomic E-state index is 12.3. The molecular weight excluding hydrogens is 306 g/mol. The van der Waals surface area contributed by atoms with Gasteiger partial charge in [-0.25, -0.2) is 0 Å². The number of aryl methyl sites for hydroxylation is 1. The zero-order chi connectivity index (χ0) is 17.1. The van der Waals surface area contributed by atoms with Crippen LogP contribution in [0.1, 0.15) is 22.3 Å². The first-order valence-corrected chi connectivity index (χ1v) is 7.61. The maximum atomic E-state index is 12.3. The number of anilines is 2. The van der Waals surface area contributed by atoms with Crippen LogP contribution in [0.5, 0.6) is 0 Å². The molecular formula is C18H17N3O3. The lowest BCUT2D eigenvalue weighted by Gasteiger charge is -2.15.